The molecule has 4 aliphatic rings. The fourth-order valence-electron chi connectivity index (χ4n) is 10.5. The van der Waals surface area contributed by atoms with E-state index in [1.54, 1.807) is 5.56 Å². The highest BCUT2D eigenvalue weighted by atomic mass is 15.0. The number of fused-ring (bicyclic) bond motifs is 5. The van der Waals surface area contributed by atoms with Gasteiger partial charge in [-0.1, -0.05) is 32.9 Å². The average Bonchev–Trinajstić information content (AvgIpc) is 3.23. The molecule has 10 rings (SSSR count). The Kier molecular flexibility index (Phi) is 4.67. The van der Waals surface area contributed by atoms with Crippen LogP contribution in [0, 0.1) is 37.0 Å². The Bertz CT molecular complexity index is 2030. The lowest BCUT2D eigenvalue weighted by Crippen LogP contribution is -2.48. The maximum absolute atomic E-state index is 2.69. The van der Waals surface area contributed by atoms with E-state index in [0.717, 1.165) is 24.2 Å². The smallest absolute Gasteiger partial charge is 0.224 e. The van der Waals surface area contributed by atoms with Crippen molar-refractivity contribution in [2.75, 3.05) is 0 Å². The molecular formula is C39H43N2+. The molecule has 6 aromatic rings. The first kappa shape index (κ1) is 24.5. The molecule has 0 N–H and O–H groups in total. The molecule has 4 fully saturated rings. The quantitative estimate of drug-likeness (QED) is 0.118. The number of benzene rings is 3. The Labute approximate surface area is 243 Å². The van der Waals surface area contributed by atoms with Gasteiger partial charge in [0.05, 0.1) is 27.3 Å². The van der Waals surface area contributed by atoms with Crippen LogP contribution < -0.4 is 4.57 Å². The van der Waals surface area contributed by atoms with Gasteiger partial charge in [-0.25, -0.2) is 4.57 Å². The molecule has 0 atom stereocenters. The highest BCUT2D eigenvalue weighted by Crippen LogP contribution is 2.61. The summed E-state index contributed by atoms with van der Waals surface area (Å²) in [6.07, 6.45) is 12.1. The molecule has 3 aromatic heterocycles. The number of rotatable bonds is 2. The SMILES string of the molecule is Cc1cc2c3c(CC(C)(C)C)cccc3n3c4cc(C56CC7CC(CC(C7)C5)C6)cc5cc[n+](C)c(c(c1C)c23)c54. The van der Waals surface area contributed by atoms with Gasteiger partial charge in [-0.3, -0.25) is 0 Å². The Balaban J connectivity index is 1.48. The molecule has 0 aliphatic heterocycles. The topological polar surface area (TPSA) is 8.29 Å². The summed E-state index contributed by atoms with van der Waals surface area (Å²) in [5.74, 6) is 2.84. The summed E-state index contributed by atoms with van der Waals surface area (Å²) in [5.41, 5.74) is 12.1. The van der Waals surface area contributed by atoms with Crippen LogP contribution in [0.3, 0.4) is 0 Å². The minimum absolute atomic E-state index is 0.229. The van der Waals surface area contributed by atoms with Gasteiger partial charge in [-0.15, -0.1) is 0 Å². The summed E-state index contributed by atoms with van der Waals surface area (Å²) in [4.78, 5) is 0. The number of nitrogens with zero attached hydrogens (tertiary/aromatic N) is 2. The number of pyridine rings is 2. The van der Waals surface area contributed by atoms with Gasteiger partial charge < -0.3 is 4.40 Å². The molecule has 4 aliphatic carbocycles. The Morgan fingerprint density at radius 1 is 0.854 bits per heavy atom. The minimum Gasteiger partial charge on any atom is -0.307 e. The third-order valence-electron chi connectivity index (χ3n) is 11.7. The van der Waals surface area contributed by atoms with Gasteiger partial charge in [-0.2, -0.15) is 0 Å². The zero-order valence-corrected chi connectivity index (χ0v) is 25.7. The van der Waals surface area contributed by atoms with Crippen LogP contribution in [0.1, 0.15) is 81.5 Å². The van der Waals surface area contributed by atoms with Crippen molar-refractivity contribution in [1.29, 1.82) is 0 Å². The first-order valence-corrected chi connectivity index (χ1v) is 16.1. The van der Waals surface area contributed by atoms with Crippen molar-refractivity contribution in [3.8, 4) is 0 Å². The lowest BCUT2D eigenvalue weighted by Gasteiger charge is -2.57. The third kappa shape index (κ3) is 3.23. The van der Waals surface area contributed by atoms with Crippen molar-refractivity contribution in [2.24, 2.45) is 30.2 Å². The molecule has 208 valence electrons. The van der Waals surface area contributed by atoms with Crippen LogP contribution in [-0.4, -0.2) is 4.40 Å². The van der Waals surface area contributed by atoms with Gasteiger partial charge in [-0.05, 0) is 139 Å². The number of hydrogen-bond donors (Lipinski definition) is 0. The number of aromatic nitrogens is 2. The summed E-state index contributed by atoms with van der Waals surface area (Å²) in [6, 6.07) is 17.3. The van der Waals surface area contributed by atoms with Crippen molar-refractivity contribution < 1.29 is 4.57 Å². The molecule has 2 heteroatoms. The fraction of sp³-hybridized carbons (Fsp3) is 0.462. The number of hydrogen-bond acceptors (Lipinski definition) is 0. The lowest BCUT2D eigenvalue weighted by molar-refractivity contribution is -0.643. The predicted octanol–water partition coefficient (Wildman–Crippen LogP) is 9.49. The normalized spacial score (nSPS) is 26.1. The monoisotopic (exact) mass is 539 g/mol. The van der Waals surface area contributed by atoms with Crippen molar-refractivity contribution in [3.05, 3.63) is 70.9 Å². The van der Waals surface area contributed by atoms with E-state index in [4.69, 9.17) is 0 Å². The van der Waals surface area contributed by atoms with Gasteiger partial charge in [0.25, 0.3) is 0 Å². The molecular weight excluding hydrogens is 496 g/mol. The van der Waals surface area contributed by atoms with Gasteiger partial charge in [0.15, 0.2) is 6.20 Å². The van der Waals surface area contributed by atoms with Gasteiger partial charge >= 0.3 is 0 Å². The van der Waals surface area contributed by atoms with Crippen LogP contribution in [0.4, 0.5) is 0 Å². The van der Waals surface area contributed by atoms with Crippen LogP contribution in [0.2, 0.25) is 0 Å². The molecule has 3 aromatic carbocycles. The first-order valence-electron chi connectivity index (χ1n) is 16.1. The zero-order valence-electron chi connectivity index (χ0n) is 25.7. The van der Waals surface area contributed by atoms with Crippen LogP contribution in [0.15, 0.2) is 48.7 Å². The highest BCUT2D eigenvalue weighted by molar-refractivity contribution is 6.26. The minimum atomic E-state index is 0.229. The van der Waals surface area contributed by atoms with Gasteiger partial charge in [0.2, 0.25) is 5.52 Å². The molecule has 0 radical (unpaired) electrons. The molecule has 0 saturated heterocycles. The molecule has 0 unspecified atom stereocenters. The van der Waals surface area contributed by atoms with Gasteiger partial charge in [0, 0.05) is 16.8 Å². The van der Waals surface area contributed by atoms with E-state index in [9.17, 15) is 0 Å². The largest absolute Gasteiger partial charge is 0.307 e. The second kappa shape index (κ2) is 7.82. The average molecular weight is 540 g/mol. The second-order valence-electron chi connectivity index (χ2n) is 15.9. The van der Waals surface area contributed by atoms with E-state index in [-0.39, 0.29) is 5.41 Å². The molecule has 3 heterocycles. The van der Waals surface area contributed by atoms with Crippen LogP contribution in [0.25, 0.3) is 49.0 Å². The fourth-order valence-corrected chi connectivity index (χ4v) is 10.5. The molecule has 2 nitrogen and oxygen atoms in total. The van der Waals surface area contributed by atoms with Crippen molar-refractivity contribution in [3.63, 3.8) is 0 Å². The summed E-state index contributed by atoms with van der Waals surface area (Å²) >= 11 is 0. The van der Waals surface area contributed by atoms with E-state index in [1.165, 1.54) is 104 Å². The molecule has 4 saturated carbocycles. The molecule has 41 heavy (non-hydrogen) atoms. The van der Waals surface area contributed by atoms with E-state index >= 15 is 0 Å². The Morgan fingerprint density at radius 3 is 2.24 bits per heavy atom. The lowest BCUT2D eigenvalue weighted by atomic mass is 9.48. The van der Waals surface area contributed by atoms with E-state index in [2.05, 4.69) is 99.3 Å². The molecule has 0 spiro atoms. The summed E-state index contributed by atoms with van der Waals surface area (Å²) in [6.45, 7) is 11.8. The summed E-state index contributed by atoms with van der Waals surface area (Å²) in [7, 11) is 2.25. The Hall–Kier alpha value is -3.13. The third-order valence-corrected chi connectivity index (χ3v) is 11.7. The molecule has 0 amide bonds. The van der Waals surface area contributed by atoms with Crippen molar-refractivity contribution in [1.82, 2.24) is 4.40 Å². The standard InChI is InChI=1S/C39H43N2/c1-22-12-30-34-28(21-38(3,4)5)8-7-9-31(34)41-32-17-29(39-18-24-13-25(19-39)15-26(14-24)20-39)16-27-10-11-40(6)37(35(27)32)33(23(22)2)36(30)41/h7-12,16-17,24-26H,13-15,18-21H2,1-6H3/q+1. The first-order chi connectivity index (χ1) is 19.6. The summed E-state index contributed by atoms with van der Waals surface area (Å²) < 4.78 is 5.09. The van der Waals surface area contributed by atoms with Crippen LogP contribution in [0.5, 0.6) is 0 Å². The van der Waals surface area contributed by atoms with Crippen LogP contribution in [-0.2, 0) is 18.9 Å². The van der Waals surface area contributed by atoms with Gasteiger partial charge in [0.1, 0.15) is 7.05 Å². The maximum Gasteiger partial charge on any atom is 0.224 e. The van der Waals surface area contributed by atoms with E-state index < -0.39 is 0 Å². The maximum atomic E-state index is 2.69. The van der Waals surface area contributed by atoms with Crippen LogP contribution >= 0.6 is 0 Å². The summed E-state index contributed by atoms with van der Waals surface area (Å²) in [5, 5.41) is 7.19. The van der Waals surface area contributed by atoms with E-state index in [1.807, 2.05) is 0 Å². The zero-order chi connectivity index (χ0) is 28.0. The molecule has 4 bridgehead atoms. The van der Waals surface area contributed by atoms with Crippen molar-refractivity contribution >= 4 is 49.0 Å². The van der Waals surface area contributed by atoms with Crippen molar-refractivity contribution in [2.45, 2.75) is 85.0 Å². The van der Waals surface area contributed by atoms with E-state index in [0.29, 0.717) is 5.41 Å². The predicted molar refractivity (Wildman–Crippen MR) is 172 cm³/mol. The number of aryl methyl sites for hydroxylation is 3. The Morgan fingerprint density at radius 2 is 1.56 bits per heavy atom. The second-order valence-corrected chi connectivity index (χ2v) is 15.9. The highest BCUT2D eigenvalue weighted by Gasteiger charge is 2.51.